The number of benzene rings is 1. The summed E-state index contributed by atoms with van der Waals surface area (Å²) in [6.45, 7) is 0.688. The molecule has 7 heteroatoms. The number of halogens is 2. The average Bonchev–Trinajstić information content (AvgIpc) is 2.35. The van der Waals surface area contributed by atoms with Crippen LogP contribution in [-0.2, 0) is 0 Å². The molecule has 0 aliphatic heterocycles. The van der Waals surface area contributed by atoms with Crippen LogP contribution in [0.5, 0.6) is 0 Å². The highest BCUT2D eigenvalue weighted by atomic mass is 19.3. The van der Waals surface area contributed by atoms with Gasteiger partial charge in [-0.25, -0.2) is 13.6 Å². The van der Waals surface area contributed by atoms with Gasteiger partial charge in [-0.3, -0.25) is 0 Å². The Labute approximate surface area is 110 Å². The maximum atomic E-state index is 12.8. The molecule has 19 heavy (non-hydrogen) atoms. The van der Waals surface area contributed by atoms with Crippen LogP contribution in [-0.4, -0.2) is 38.1 Å². The fourth-order valence-electron chi connectivity index (χ4n) is 1.45. The first kappa shape index (κ1) is 15.0. The molecule has 0 aromatic heterocycles. The lowest BCUT2D eigenvalue weighted by Crippen LogP contribution is -2.37. The van der Waals surface area contributed by atoms with Crippen LogP contribution >= 0.6 is 0 Å². The Bertz CT molecular complexity index is 438. The van der Waals surface area contributed by atoms with Crippen molar-refractivity contribution in [3.8, 4) is 0 Å². The Morgan fingerprint density at radius 2 is 2.05 bits per heavy atom. The molecule has 0 heterocycles. The Hall–Kier alpha value is -2.05. The number of hydrogen-bond acceptors (Lipinski definition) is 3. The van der Waals surface area contributed by atoms with Crippen LogP contribution in [0, 0.1) is 0 Å². The van der Waals surface area contributed by atoms with Crippen molar-refractivity contribution >= 4 is 17.4 Å². The first-order chi connectivity index (χ1) is 8.91. The van der Waals surface area contributed by atoms with Gasteiger partial charge in [0.2, 0.25) is 0 Å². The van der Waals surface area contributed by atoms with Crippen LogP contribution < -0.4 is 16.4 Å². The zero-order chi connectivity index (χ0) is 14.4. The summed E-state index contributed by atoms with van der Waals surface area (Å²) in [4.78, 5) is 12.6. The van der Waals surface area contributed by atoms with Gasteiger partial charge in [0.25, 0.3) is 6.43 Å². The number of urea groups is 1. The quantitative estimate of drug-likeness (QED) is 0.566. The van der Waals surface area contributed by atoms with E-state index in [0.717, 1.165) is 0 Å². The Kier molecular flexibility index (Phi) is 5.35. The number of nitrogens with two attached hydrogens (primary N) is 1. The number of nitrogens with one attached hydrogen (secondary N) is 2. The lowest BCUT2D eigenvalue weighted by molar-refractivity contribution is 0.152. The summed E-state index contributed by atoms with van der Waals surface area (Å²) in [5.74, 6) is 0. The number of amides is 2. The minimum Gasteiger partial charge on any atom is -0.399 e. The van der Waals surface area contributed by atoms with E-state index < -0.39 is 6.43 Å². The molecule has 5 nitrogen and oxygen atoms in total. The smallest absolute Gasteiger partial charge is 0.316 e. The van der Waals surface area contributed by atoms with Gasteiger partial charge in [0.05, 0.1) is 0 Å². The molecule has 0 saturated heterocycles. The van der Waals surface area contributed by atoms with Crippen molar-refractivity contribution in [1.82, 2.24) is 10.2 Å². The number of carbonyl (C=O) groups is 1. The van der Waals surface area contributed by atoms with Gasteiger partial charge in [0.1, 0.15) is 0 Å². The van der Waals surface area contributed by atoms with E-state index in [0.29, 0.717) is 24.5 Å². The Morgan fingerprint density at radius 3 is 2.63 bits per heavy atom. The monoisotopic (exact) mass is 272 g/mol. The van der Waals surface area contributed by atoms with Crippen LogP contribution in [0.1, 0.15) is 12.0 Å². The predicted octanol–water partition coefficient (Wildman–Crippen LogP) is 1.89. The number of hydrogen-bond donors (Lipinski definition) is 3. The van der Waals surface area contributed by atoms with Crippen molar-refractivity contribution in [3.05, 3.63) is 23.8 Å². The summed E-state index contributed by atoms with van der Waals surface area (Å²) in [6.07, 6.45) is -2.60. The number of rotatable bonds is 5. The standard InChI is InChI=1S/C12H18F2N4O/c1-18(2)12(19)17-6-5-16-10-4-3-8(15)7-9(10)11(13)14/h3-4,7,11,16H,5-6,15H2,1-2H3,(H,17,19). The third-order valence-corrected chi connectivity index (χ3v) is 2.43. The predicted molar refractivity (Wildman–Crippen MR) is 71.4 cm³/mol. The van der Waals surface area contributed by atoms with E-state index in [1.807, 2.05) is 0 Å². The van der Waals surface area contributed by atoms with Crippen molar-refractivity contribution in [2.45, 2.75) is 6.43 Å². The lowest BCUT2D eigenvalue weighted by Gasteiger charge is -2.14. The molecule has 106 valence electrons. The minimum absolute atomic E-state index is 0.140. The second kappa shape index (κ2) is 6.77. The van der Waals surface area contributed by atoms with E-state index in [2.05, 4.69) is 10.6 Å². The van der Waals surface area contributed by atoms with Crippen LogP contribution in [0.25, 0.3) is 0 Å². The SMILES string of the molecule is CN(C)C(=O)NCCNc1ccc(N)cc1C(F)F. The average molecular weight is 272 g/mol. The van der Waals surface area contributed by atoms with E-state index in [-0.39, 0.29) is 11.6 Å². The van der Waals surface area contributed by atoms with Crippen LogP contribution in [0.15, 0.2) is 18.2 Å². The van der Waals surface area contributed by atoms with Crippen molar-refractivity contribution in [3.63, 3.8) is 0 Å². The van der Waals surface area contributed by atoms with Gasteiger partial charge in [-0.1, -0.05) is 0 Å². The van der Waals surface area contributed by atoms with Crippen molar-refractivity contribution in [2.24, 2.45) is 0 Å². The molecule has 0 aliphatic rings. The molecule has 0 radical (unpaired) electrons. The second-order valence-electron chi connectivity index (χ2n) is 4.20. The third-order valence-electron chi connectivity index (χ3n) is 2.43. The molecule has 0 aliphatic carbocycles. The number of anilines is 2. The summed E-state index contributed by atoms with van der Waals surface area (Å²) in [5, 5.41) is 5.47. The zero-order valence-electron chi connectivity index (χ0n) is 10.9. The zero-order valence-corrected chi connectivity index (χ0v) is 10.9. The Morgan fingerprint density at radius 1 is 1.37 bits per heavy atom. The summed E-state index contributed by atoms with van der Waals surface area (Å²) < 4.78 is 25.6. The highest BCUT2D eigenvalue weighted by Crippen LogP contribution is 2.28. The third kappa shape index (κ3) is 4.61. The number of nitrogen functional groups attached to an aromatic ring is 1. The normalized spacial score (nSPS) is 10.4. The van der Waals surface area contributed by atoms with Crippen LogP contribution in [0.2, 0.25) is 0 Å². The molecule has 0 fully saturated rings. The molecule has 1 rings (SSSR count). The van der Waals surface area contributed by atoms with E-state index in [1.54, 1.807) is 20.2 Å². The molecule has 4 N–H and O–H groups in total. The maximum absolute atomic E-state index is 12.8. The van der Waals surface area contributed by atoms with Crippen molar-refractivity contribution in [2.75, 3.05) is 38.2 Å². The number of nitrogens with zero attached hydrogens (tertiary/aromatic N) is 1. The van der Waals surface area contributed by atoms with Gasteiger partial charge < -0.3 is 21.3 Å². The molecular formula is C12H18F2N4O. The summed E-state index contributed by atoms with van der Waals surface area (Å²) >= 11 is 0. The minimum atomic E-state index is -2.60. The van der Waals surface area contributed by atoms with Gasteiger partial charge in [0, 0.05) is 44.1 Å². The first-order valence-corrected chi connectivity index (χ1v) is 5.78. The van der Waals surface area contributed by atoms with Crippen LogP contribution in [0.4, 0.5) is 25.0 Å². The van der Waals surface area contributed by atoms with Gasteiger partial charge in [-0.2, -0.15) is 0 Å². The summed E-state index contributed by atoms with van der Waals surface area (Å²) in [5.41, 5.74) is 5.95. The molecule has 0 unspecified atom stereocenters. The van der Waals surface area contributed by atoms with E-state index in [1.165, 1.54) is 17.0 Å². The number of carbonyl (C=O) groups excluding carboxylic acids is 1. The van der Waals surface area contributed by atoms with E-state index >= 15 is 0 Å². The molecule has 0 atom stereocenters. The molecule has 0 spiro atoms. The molecule has 0 saturated carbocycles. The molecule has 2 amide bonds. The highest BCUT2D eigenvalue weighted by Gasteiger charge is 2.13. The van der Waals surface area contributed by atoms with Crippen LogP contribution in [0.3, 0.4) is 0 Å². The van der Waals surface area contributed by atoms with Gasteiger partial charge in [0.15, 0.2) is 0 Å². The van der Waals surface area contributed by atoms with Gasteiger partial charge in [-0.05, 0) is 18.2 Å². The maximum Gasteiger partial charge on any atom is 0.316 e. The largest absolute Gasteiger partial charge is 0.399 e. The fourth-order valence-corrected chi connectivity index (χ4v) is 1.45. The molecule has 1 aromatic rings. The van der Waals surface area contributed by atoms with E-state index in [4.69, 9.17) is 5.73 Å². The Balaban J connectivity index is 2.52. The van der Waals surface area contributed by atoms with E-state index in [9.17, 15) is 13.6 Å². The van der Waals surface area contributed by atoms with Crippen molar-refractivity contribution < 1.29 is 13.6 Å². The molecule has 0 bridgehead atoms. The van der Waals surface area contributed by atoms with Gasteiger partial charge in [-0.15, -0.1) is 0 Å². The topological polar surface area (TPSA) is 70.4 Å². The first-order valence-electron chi connectivity index (χ1n) is 5.78. The molecule has 1 aromatic carbocycles. The summed E-state index contributed by atoms with van der Waals surface area (Å²) in [6, 6.07) is 4.07. The van der Waals surface area contributed by atoms with Crippen molar-refractivity contribution in [1.29, 1.82) is 0 Å². The fraction of sp³-hybridized carbons (Fsp3) is 0.417. The molecular weight excluding hydrogens is 254 g/mol. The second-order valence-corrected chi connectivity index (χ2v) is 4.20. The number of alkyl halides is 2. The lowest BCUT2D eigenvalue weighted by atomic mass is 10.1. The summed E-state index contributed by atoms with van der Waals surface area (Å²) in [7, 11) is 3.25. The highest BCUT2D eigenvalue weighted by molar-refractivity contribution is 5.73. The van der Waals surface area contributed by atoms with Gasteiger partial charge >= 0.3 is 6.03 Å².